The van der Waals surface area contributed by atoms with Crippen LogP contribution in [0.4, 0.5) is 0 Å². The maximum atomic E-state index is 10.9. The smallest absolute Gasteiger partial charge is 0.152 e. The van der Waals surface area contributed by atoms with Crippen LogP contribution in [0.1, 0.15) is 16.1 Å². The summed E-state index contributed by atoms with van der Waals surface area (Å²) in [6, 6.07) is 3.89. The van der Waals surface area contributed by atoms with E-state index < -0.39 is 0 Å². The second-order valence-electron chi connectivity index (χ2n) is 3.09. The Morgan fingerprint density at radius 2 is 2.07 bits per heavy atom. The van der Waals surface area contributed by atoms with Gasteiger partial charge in [0.15, 0.2) is 6.29 Å². The molecule has 0 saturated carbocycles. The first-order valence-corrected chi connectivity index (χ1v) is 5.64. The van der Waals surface area contributed by atoms with Gasteiger partial charge in [-0.05, 0) is 19.1 Å². The third kappa shape index (κ3) is 1.42. The number of hydrogen-bond donors (Lipinski definition) is 1. The molecule has 0 saturated heterocycles. The Morgan fingerprint density at radius 3 is 2.71 bits per heavy atom. The molecule has 0 aliphatic carbocycles. The van der Waals surface area contributed by atoms with Crippen LogP contribution < -0.4 is 0 Å². The molecule has 2 nitrogen and oxygen atoms in total. The van der Waals surface area contributed by atoms with Gasteiger partial charge in [-0.1, -0.05) is 31.9 Å². The highest BCUT2D eigenvalue weighted by molar-refractivity contribution is 9.11. The number of fused-ring (bicyclic) bond motifs is 1. The number of carbonyl (C=O) groups is 1. The predicted octanol–water partition coefficient (Wildman–Crippen LogP) is 3.81. The highest BCUT2D eigenvalue weighted by Gasteiger charge is 2.10. The average Bonchev–Trinajstić information content (AvgIpc) is 2.40. The Balaban J connectivity index is 2.95. The van der Waals surface area contributed by atoms with Gasteiger partial charge in [-0.15, -0.1) is 0 Å². The molecule has 0 fully saturated rings. The number of hydrogen-bond acceptors (Lipinski definition) is 1. The summed E-state index contributed by atoms with van der Waals surface area (Å²) >= 11 is 6.84. The molecule has 1 heterocycles. The van der Waals surface area contributed by atoms with Crippen LogP contribution in [0, 0.1) is 6.92 Å². The van der Waals surface area contributed by atoms with E-state index in [1.807, 2.05) is 19.1 Å². The van der Waals surface area contributed by atoms with Crippen molar-refractivity contribution >= 4 is 49.0 Å². The summed E-state index contributed by atoms with van der Waals surface area (Å²) in [5.41, 5.74) is 2.58. The van der Waals surface area contributed by atoms with Crippen molar-refractivity contribution in [1.82, 2.24) is 4.98 Å². The molecule has 0 spiro atoms. The van der Waals surface area contributed by atoms with Crippen molar-refractivity contribution < 1.29 is 4.79 Å². The molecule has 1 N–H and O–H groups in total. The molecule has 0 atom stereocenters. The molecule has 2 aromatic rings. The fourth-order valence-electron chi connectivity index (χ4n) is 1.55. The van der Waals surface area contributed by atoms with E-state index in [9.17, 15) is 4.79 Å². The molecule has 4 heteroatoms. The minimum atomic E-state index is 0.722. The van der Waals surface area contributed by atoms with Crippen LogP contribution in [0.5, 0.6) is 0 Å². The van der Waals surface area contributed by atoms with E-state index in [-0.39, 0.29) is 0 Å². The third-order valence-electron chi connectivity index (χ3n) is 2.17. The first-order chi connectivity index (χ1) is 6.63. The number of H-pyrrole nitrogens is 1. The van der Waals surface area contributed by atoms with Gasteiger partial charge in [-0.3, -0.25) is 4.79 Å². The zero-order valence-corrected chi connectivity index (χ0v) is 10.6. The quantitative estimate of drug-likeness (QED) is 0.797. The lowest BCUT2D eigenvalue weighted by Crippen LogP contribution is -1.80. The number of aromatic nitrogens is 1. The largest absolute Gasteiger partial charge is 0.358 e. The van der Waals surface area contributed by atoms with Crippen molar-refractivity contribution in [2.45, 2.75) is 6.92 Å². The highest BCUT2D eigenvalue weighted by atomic mass is 79.9. The Kier molecular flexibility index (Phi) is 2.49. The Hall–Kier alpha value is -0.610. The van der Waals surface area contributed by atoms with Crippen molar-refractivity contribution in [3.8, 4) is 0 Å². The predicted molar refractivity (Wildman–Crippen MR) is 63.8 cm³/mol. The maximum Gasteiger partial charge on any atom is 0.152 e. The van der Waals surface area contributed by atoms with Gasteiger partial charge in [0.25, 0.3) is 0 Å². The molecular formula is C10H7Br2NO. The van der Waals surface area contributed by atoms with Gasteiger partial charge in [-0.2, -0.15) is 0 Å². The van der Waals surface area contributed by atoms with Gasteiger partial charge in [0, 0.05) is 31.1 Å². The van der Waals surface area contributed by atoms with Crippen LogP contribution in [-0.2, 0) is 0 Å². The Labute approximate surface area is 97.9 Å². The summed E-state index contributed by atoms with van der Waals surface area (Å²) in [7, 11) is 0. The number of benzene rings is 1. The third-order valence-corrected chi connectivity index (χ3v) is 3.25. The van der Waals surface area contributed by atoms with Crippen LogP contribution in [0.3, 0.4) is 0 Å². The molecule has 0 amide bonds. The van der Waals surface area contributed by atoms with Crippen LogP contribution in [0.25, 0.3) is 10.9 Å². The minimum absolute atomic E-state index is 0.722. The summed E-state index contributed by atoms with van der Waals surface area (Å²) in [5.74, 6) is 0. The minimum Gasteiger partial charge on any atom is -0.358 e. The number of carbonyl (C=O) groups excluding carboxylic acids is 1. The van der Waals surface area contributed by atoms with Crippen molar-refractivity contribution in [2.75, 3.05) is 0 Å². The molecule has 1 aromatic heterocycles. The van der Waals surface area contributed by atoms with E-state index in [0.717, 1.165) is 37.4 Å². The fraction of sp³-hybridized carbons (Fsp3) is 0.100. The normalized spacial score (nSPS) is 10.8. The summed E-state index contributed by atoms with van der Waals surface area (Å²) in [5, 5.41) is 0.945. The van der Waals surface area contributed by atoms with Gasteiger partial charge in [-0.25, -0.2) is 0 Å². The van der Waals surface area contributed by atoms with Gasteiger partial charge < -0.3 is 4.98 Å². The van der Waals surface area contributed by atoms with Gasteiger partial charge >= 0.3 is 0 Å². The molecule has 1 aromatic carbocycles. The van der Waals surface area contributed by atoms with Crippen LogP contribution in [-0.4, -0.2) is 11.3 Å². The van der Waals surface area contributed by atoms with Crippen LogP contribution in [0.2, 0.25) is 0 Å². The summed E-state index contributed by atoms with van der Waals surface area (Å²) in [4.78, 5) is 14.1. The number of nitrogens with one attached hydrogen (secondary N) is 1. The summed E-state index contributed by atoms with van der Waals surface area (Å²) in [6.45, 7) is 1.89. The number of aryl methyl sites for hydroxylation is 1. The van der Waals surface area contributed by atoms with E-state index in [0.29, 0.717) is 0 Å². The number of aldehydes is 1. The standard InChI is InChI=1S/C10H7Br2NO/c1-5-7(4-14)10-8(12)2-6(11)3-9(10)13-5/h2-4,13H,1H3. The number of aromatic amines is 1. The van der Waals surface area contributed by atoms with E-state index in [4.69, 9.17) is 0 Å². The zero-order valence-electron chi connectivity index (χ0n) is 7.40. The molecule has 72 valence electrons. The molecule has 0 aliphatic rings. The second-order valence-corrected chi connectivity index (χ2v) is 4.86. The first kappa shape index (κ1) is 9.93. The van der Waals surface area contributed by atoms with E-state index >= 15 is 0 Å². The van der Waals surface area contributed by atoms with Gasteiger partial charge in [0.2, 0.25) is 0 Å². The lowest BCUT2D eigenvalue weighted by molar-refractivity contribution is 0.112. The average molecular weight is 317 g/mol. The topological polar surface area (TPSA) is 32.9 Å². The van der Waals surface area contributed by atoms with Crippen LogP contribution >= 0.6 is 31.9 Å². The van der Waals surface area contributed by atoms with Crippen molar-refractivity contribution in [3.63, 3.8) is 0 Å². The SMILES string of the molecule is Cc1[nH]c2cc(Br)cc(Br)c2c1C=O. The first-order valence-electron chi connectivity index (χ1n) is 4.06. The number of rotatable bonds is 1. The fourth-order valence-corrected chi connectivity index (χ4v) is 2.99. The molecule has 0 unspecified atom stereocenters. The monoisotopic (exact) mass is 315 g/mol. The number of halogens is 2. The van der Waals surface area contributed by atoms with Crippen molar-refractivity contribution in [2.24, 2.45) is 0 Å². The molecule has 2 rings (SSSR count). The van der Waals surface area contributed by atoms with Gasteiger partial charge in [0.1, 0.15) is 0 Å². The van der Waals surface area contributed by atoms with E-state index in [1.54, 1.807) is 0 Å². The van der Waals surface area contributed by atoms with E-state index in [2.05, 4.69) is 36.8 Å². The second kappa shape index (κ2) is 3.51. The lowest BCUT2D eigenvalue weighted by Gasteiger charge is -1.96. The van der Waals surface area contributed by atoms with Gasteiger partial charge in [0.05, 0.1) is 0 Å². The van der Waals surface area contributed by atoms with Crippen molar-refractivity contribution in [1.29, 1.82) is 0 Å². The van der Waals surface area contributed by atoms with E-state index in [1.165, 1.54) is 0 Å². The molecule has 0 aliphatic heterocycles. The lowest BCUT2D eigenvalue weighted by atomic mass is 10.1. The highest BCUT2D eigenvalue weighted by Crippen LogP contribution is 2.31. The summed E-state index contributed by atoms with van der Waals surface area (Å²) < 4.78 is 1.91. The maximum absolute atomic E-state index is 10.9. The summed E-state index contributed by atoms with van der Waals surface area (Å²) in [6.07, 6.45) is 0.882. The van der Waals surface area contributed by atoms with Crippen molar-refractivity contribution in [3.05, 3.63) is 32.3 Å². The molecule has 14 heavy (non-hydrogen) atoms. The zero-order chi connectivity index (χ0) is 10.3. The molecule has 0 bridgehead atoms. The molecular weight excluding hydrogens is 310 g/mol. The van der Waals surface area contributed by atoms with Crippen LogP contribution in [0.15, 0.2) is 21.1 Å². The molecule has 0 radical (unpaired) electrons. The Bertz CT molecular complexity index is 516. The Morgan fingerprint density at radius 1 is 1.36 bits per heavy atom.